The summed E-state index contributed by atoms with van der Waals surface area (Å²) in [6.07, 6.45) is 1.69. The van der Waals surface area contributed by atoms with Crippen molar-refractivity contribution in [3.8, 4) is 5.69 Å². The zero-order valence-electron chi connectivity index (χ0n) is 13.3. The number of rotatable bonds is 4. The molecule has 0 spiro atoms. The molecule has 6 heteroatoms. The molecule has 0 aliphatic carbocycles. The van der Waals surface area contributed by atoms with Crippen molar-refractivity contribution in [3.05, 3.63) is 87.8 Å². The molecule has 3 rings (SSSR count). The number of nitrogens with zero attached hydrogens (tertiary/aromatic N) is 1. The highest BCUT2D eigenvalue weighted by atomic mass is 35.5. The quantitative estimate of drug-likeness (QED) is 0.755. The molecule has 0 radical (unpaired) electrons. The average Bonchev–Trinajstić information content (AvgIpc) is 2.60. The molecule has 126 valence electrons. The number of nitrogens with two attached hydrogens (primary N) is 1. The molecule has 0 saturated carbocycles. The van der Waals surface area contributed by atoms with E-state index >= 15 is 0 Å². The highest BCUT2D eigenvalue weighted by molar-refractivity contribution is 6.32. The summed E-state index contributed by atoms with van der Waals surface area (Å²) in [5, 5.41) is 3.04. The Bertz CT molecular complexity index is 968. The Kier molecular flexibility index (Phi) is 4.86. The fraction of sp³-hybridized carbons (Fsp3) is 0.0526. The van der Waals surface area contributed by atoms with Crippen LogP contribution in [0.2, 0.25) is 5.02 Å². The van der Waals surface area contributed by atoms with Crippen molar-refractivity contribution in [1.29, 1.82) is 0 Å². The lowest BCUT2D eigenvalue weighted by molar-refractivity contribution is -0.115. The second-order valence-corrected chi connectivity index (χ2v) is 5.89. The third-order valence-corrected chi connectivity index (χ3v) is 4.03. The number of pyridine rings is 1. The smallest absolute Gasteiger partial charge is 0.281 e. The number of benzene rings is 2. The van der Waals surface area contributed by atoms with Gasteiger partial charge in [-0.05, 0) is 23.8 Å². The molecule has 0 aliphatic rings. The molecular weight excluding hydrogens is 338 g/mol. The number of carbonyl (C=O) groups excluding carboxylic acids is 1. The van der Waals surface area contributed by atoms with Crippen molar-refractivity contribution in [2.24, 2.45) is 0 Å². The third-order valence-electron chi connectivity index (χ3n) is 3.71. The number of amides is 1. The lowest BCUT2D eigenvalue weighted by atomic mass is 10.1. The zero-order chi connectivity index (χ0) is 17.8. The number of para-hydroxylation sites is 1. The molecule has 2 aromatic carbocycles. The summed E-state index contributed by atoms with van der Waals surface area (Å²) in [5.74, 6) is -0.313. The number of hydrogen-bond acceptors (Lipinski definition) is 3. The van der Waals surface area contributed by atoms with Crippen LogP contribution in [0.3, 0.4) is 0 Å². The first-order valence-corrected chi connectivity index (χ1v) is 8.04. The monoisotopic (exact) mass is 353 g/mol. The van der Waals surface area contributed by atoms with Crippen molar-refractivity contribution in [1.82, 2.24) is 4.57 Å². The van der Waals surface area contributed by atoms with E-state index in [9.17, 15) is 9.59 Å². The molecule has 0 atom stereocenters. The normalized spacial score (nSPS) is 10.4. The van der Waals surface area contributed by atoms with Gasteiger partial charge in [0, 0.05) is 6.20 Å². The van der Waals surface area contributed by atoms with Crippen molar-refractivity contribution in [3.63, 3.8) is 0 Å². The van der Waals surface area contributed by atoms with E-state index in [4.69, 9.17) is 17.3 Å². The number of aromatic nitrogens is 1. The van der Waals surface area contributed by atoms with Crippen LogP contribution in [0.25, 0.3) is 5.69 Å². The van der Waals surface area contributed by atoms with E-state index in [1.807, 2.05) is 30.3 Å². The first-order chi connectivity index (χ1) is 12.1. The van der Waals surface area contributed by atoms with Gasteiger partial charge in [-0.3, -0.25) is 14.2 Å². The van der Waals surface area contributed by atoms with E-state index in [-0.39, 0.29) is 23.7 Å². The molecule has 25 heavy (non-hydrogen) atoms. The molecular formula is C19H16ClN3O2. The van der Waals surface area contributed by atoms with Gasteiger partial charge < -0.3 is 11.1 Å². The maximum atomic E-state index is 12.7. The fourth-order valence-corrected chi connectivity index (χ4v) is 2.70. The van der Waals surface area contributed by atoms with Crippen molar-refractivity contribution >= 4 is 28.9 Å². The Hall–Kier alpha value is -3.05. The molecule has 1 amide bonds. The first kappa shape index (κ1) is 16.8. The number of hydrogen-bond donors (Lipinski definition) is 2. The summed E-state index contributed by atoms with van der Waals surface area (Å²) in [5.41, 5.74) is 7.07. The number of nitrogen functional groups attached to an aromatic ring is 1. The van der Waals surface area contributed by atoms with Crippen molar-refractivity contribution in [2.75, 3.05) is 11.1 Å². The minimum Gasteiger partial charge on any atom is -0.397 e. The largest absolute Gasteiger partial charge is 0.397 e. The van der Waals surface area contributed by atoms with Crippen molar-refractivity contribution in [2.45, 2.75) is 6.42 Å². The van der Waals surface area contributed by atoms with Gasteiger partial charge in [0.25, 0.3) is 5.56 Å². The maximum Gasteiger partial charge on any atom is 0.281 e. The Morgan fingerprint density at radius 3 is 2.44 bits per heavy atom. The predicted octanol–water partition coefficient (Wildman–Crippen LogP) is 3.25. The van der Waals surface area contributed by atoms with E-state index in [1.54, 1.807) is 30.3 Å². The fourth-order valence-electron chi connectivity index (χ4n) is 2.48. The predicted molar refractivity (Wildman–Crippen MR) is 100 cm³/mol. The van der Waals surface area contributed by atoms with Crippen LogP contribution in [0.4, 0.5) is 11.4 Å². The van der Waals surface area contributed by atoms with Crippen LogP contribution < -0.4 is 16.6 Å². The lowest BCUT2D eigenvalue weighted by Crippen LogP contribution is -2.27. The van der Waals surface area contributed by atoms with Gasteiger partial charge in [-0.2, -0.15) is 0 Å². The van der Waals surface area contributed by atoms with E-state index < -0.39 is 5.56 Å². The number of anilines is 2. The molecule has 1 heterocycles. The Labute approximate surface area is 149 Å². The summed E-state index contributed by atoms with van der Waals surface area (Å²) in [4.78, 5) is 25.0. The minimum atomic E-state index is -0.436. The standard InChI is InChI=1S/C19H16ClN3O2/c20-14-8-4-5-9-16(14)23-11-10-15(21)18(19(23)25)22-17(24)12-13-6-2-1-3-7-13/h1-11H,12,21H2,(H,22,24). The van der Waals surface area contributed by atoms with Crippen LogP contribution in [-0.2, 0) is 11.2 Å². The second kappa shape index (κ2) is 7.23. The van der Waals surface area contributed by atoms with Gasteiger partial charge in [-0.1, -0.05) is 54.1 Å². The van der Waals surface area contributed by atoms with Crippen LogP contribution >= 0.6 is 11.6 Å². The zero-order valence-corrected chi connectivity index (χ0v) is 14.0. The van der Waals surface area contributed by atoms with Crippen LogP contribution in [0.1, 0.15) is 5.56 Å². The SMILES string of the molecule is Nc1ccn(-c2ccccc2Cl)c(=O)c1NC(=O)Cc1ccccc1. The molecule has 0 unspecified atom stereocenters. The van der Waals surface area contributed by atoms with E-state index in [2.05, 4.69) is 5.32 Å². The van der Waals surface area contributed by atoms with Gasteiger partial charge in [0.1, 0.15) is 5.69 Å². The van der Waals surface area contributed by atoms with Gasteiger partial charge >= 0.3 is 0 Å². The molecule has 3 N–H and O–H groups in total. The summed E-state index contributed by atoms with van der Waals surface area (Å²) in [6.45, 7) is 0. The molecule has 3 aromatic rings. The van der Waals surface area contributed by atoms with Gasteiger partial charge in [-0.25, -0.2) is 0 Å². The molecule has 0 fully saturated rings. The maximum absolute atomic E-state index is 12.7. The molecule has 0 aliphatic heterocycles. The van der Waals surface area contributed by atoms with Gasteiger partial charge in [0.05, 0.1) is 22.8 Å². The summed E-state index contributed by atoms with van der Waals surface area (Å²) in [6, 6.07) is 17.8. The van der Waals surface area contributed by atoms with Gasteiger partial charge in [0.2, 0.25) is 5.91 Å². The van der Waals surface area contributed by atoms with E-state index in [0.29, 0.717) is 10.7 Å². The summed E-state index contributed by atoms with van der Waals surface area (Å²) < 4.78 is 1.36. The second-order valence-electron chi connectivity index (χ2n) is 5.48. The average molecular weight is 354 g/mol. The molecule has 5 nitrogen and oxygen atoms in total. The summed E-state index contributed by atoms with van der Waals surface area (Å²) >= 11 is 6.16. The highest BCUT2D eigenvalue weighted by Gasteiger charge is 2.14. The number of nitrogens with one attached hydrogen (secondary N) is 1. The Morgan fingerprint density at radius 2 is 1.72 bits per heavy atom. The molecule has 0 bridgehead atoms. The Morgan fingerprint density at radius 1 is 1.04 bits per heavy atom. The topological polar surface area (TPSA) is 77.1 Å². The lowest BCUT2D eigenvalue weighted by Gasteiger charge is -2.12. The van der Waals surface area contributed by atoms with Crippen LogP contribution in [0.5, 0.6) is 0 Å². The van der Waals surface area contributed by atoms with Gasteiger partial charge in [0.15, 0.2) is 0 Å². The van der Waals surface area contributed by atoms with Gasteiger partial charge in [-0.15, -0.1) is 0 Å². The van der Waals surface area contributed by atoms with E-state index in [1.165, 1.54) is 10.8 Å². The Balaban J connectivity index is 1.92. The van der Waals surface area contributed by atoms with Crippen LogP contribution in [-0.4, -0.2) is 10.5 Å². The minimum absolute atomic E-state index is 0.0448. The van der Waals surface area contributed by atoms with Crippen molar-refractivity contribution < 1.29 is 4.79 Å². The number of carbonyl (C=O) groups is 1. The van der Waals surface area contributed by atoms with E-state index in [0.717, 1.165) is 5.56 Å². The molecule has 1 aromatic heterocycles. The number of halogens is 1. The third kappa shape index (κ3) is 3.72. The summed E-state index contributed by atoms with van der Waals surface area (Å²) in [7, 11) is 0. The highest BCUT2D eigenvalue weighted by Crippen LogP contribution is 2.21. The molecule has 0 saturated heterocycles. The van der Waals surface area contributed by atoms with Crippen LogP contribution in [0, 0.1) is 0 Å². The first-order valence-electron chi connectivity index (χ1n) is 7.66. The van der Waals surface area contributed by atoms with Crippen LogP contribution in [0.15, 0.2) is 71.7 Å².